The molecule has 13 heteroatoms. The number of carbonyl (C=O) groups excluding carboxylic acids is 2. The molecule has 2 aromatic carbocycles. The molecule has 1 aliphatic heterocycles. The predicted molar refractivity (Wildman–Crippen MR) is 137 cm³/mol. The Morgan fingerprint density at radius 1 is 1.18 bits per heavy atom. The van der Waals surface area contributed by atoms with Crippen LogP contribution in [0.4, 0.5) is 33.7 Å². The van der Waals surface area contributed by atoms with Gasteiger partial charge in [-0.1, -0.05) is 0 Å². The molecule has 2 fully saturated rings. The van der Waals surface area contributed by atoms with Crippen molar-refractivity contribution in [1.82, 2.24) is 5.32 Å². The van der Waals surface area contributed by atoms with Crippen LogP contribution in [0.1, 0.15) is 44.7 Å². The van der Waals surface area contributed by atoms with E-state index in [1.165, 1.54) is 43.0 Å². The fourth-order valence-electron chi connectivity index (χ4n) is 4.26. The molecule has 39 heavy (non-hydrogen) atoms. The van der Waals surface area contributed by atoms with Crippen molar-refractivity contribution in [2.75, 3.05) is 23.0 Å². The monoisotopic (exact) mass is 564 g/mol. The van der Waals surface area contributed by atoms with Crippen molar-refractivity contribution < 1.29 is 36.6 Å². The van der Waals surface area contributed by atoms with Gasteiger partial charge in [-0.3, -0.25) is 9.69 Å². The summed E-state index contributed by atoms with van der Waals surface area (Å²) < 4.78 is 66.2. The number of amides is 2. The number of hydrogen-bond donors (Lipinski definition) is 1. The third-order valence-corrected chi connectivity index (χ3v) is 6.89. The highest BCUT2D eigenvalue weighted by Crippen LogP contribution is 2.41. The summed E-state index contributed by atoms with van der Waals surface area (Å²) >= 11 is 5.47. The van der Waals surface area contributed by atoms with Gasteiger partial charge in [0.2, 0.25) is 0 Å². The highest BCUT2D eigenvalue weighted by molar-refractivity contribution is 7.81. The number of thiocarbonyl (C=S) groups is 1. The van der Waals surface area contributed by atoms with Gasteiger partial charge in [0.1, 0.15) is 12.1 Å². The van der Waals surface area contributed by atoms with E-state index in [1.807, 2.05) is 0 Å². The average molecular weight is 565 g/mol. The minimum Gasteiger partial charge on any atom is -0.488 e. The Kier molecular flexibility index (Phi) is 7.20. The summed E-state index contributed by atoms with van der Waals surface area (Å²) in [7, 11) is 0. The predicted octanol–water partition coefficient (Wildman–Crippen LogP) is 5.29. The zero-order valence-corrected chi connectivity index (χ0v) is 22.0. The highest BCUT2D eigenvalue weighted by Gasteiger charge is 2.51. The first kappa shape index (κ1) is 28.1. The third-order valence-electron chi connectivity index (χ3n) is 6.53. The van der Waals surface area contributed by atoms with E-state index in [2.05, 4.69) is 5.32 Å². The first-order chi connectivity index (χ1) is 18.2. The van der Waals surface area contributed by atoms with E-state index >= 15 is 4.39 Å². The second-order valence-corrected chi connectivity index (χ2v) is 10.1. The third kappa shape index (κ3) is 5.34. The fourth-order valence-corrected chi connectivity index (χ4v) is 4.78. The average Bonchev–Trinajstić information content (AvgIpc) is 3.58. The van der Waals surface area contributed by atoms with Crippen LogP contribution in [0.2, 0.25) is 0 Å². The highest BCUT2D eigenvalue weighted by atomic mass is 32.1. The van der Waals surface area contributed by atoms with Gasteiger partial charge in [-0.05, 0) is 76.2 Å². The number of carbonyl (C=O) groups is 2. The Bertz CT molecular complexity index is 1380. The van der Waals surface area contributed by atoms with Crippen molar-refractivity contribution >= 4 is 40.7 Å². The van der Waals surface area contributed by atoms with Gasteiger partial charge in [-0.15, -0.1) is 0 Å². The van der Waals surface area contributed by atoms with Gasteiger partial charge in [0.15, 0.2) is 16.7 Å². The van der Waals surface area contributed by atoms with Crippen LogP contribution in [0.3, 0.4) is 0 Å². The zero-order valence-electron chi connectivity index (χ0n) is 21.2. The van der Waals surface area contributed by atoms with Crippen molar-refractivity contribution in [3.8, 4) is 11.8 Å². The lowest BCUT2D eigenvalue weighted by atomic mass is 10.0. The maximum absolute atomic E-state index is 15.1. The first-order valence-electron chi connectivity index (χ1n) is 11.9. The van der Waals surface area contributed by atoms with Gasteiger partial charge in [0.25, 0.3) is 5.91 Å². The SMILES string of the molecule is CCOC(=O)NC1(COc2ccc(N3C(=S)N(c4ccc(C#N)c(C(F)(F)F)c4)C(=O)C3(C)C)cc2F)CC1. The number of alkyl carbamates (subject to hydrolysis) is 1. The molecule has 0 radical (unpaired) electrons. The van der Waals surface area contributed by atoms with Crippen LogP contribution in [0.25, 0.3) is 0 Å². The number of hydrogen-bond acceptors (Lipinski definition) is 6. The van der Waals surface area contributed by atoms with Gasteiger partial charge >= 0.3 is 12.3 Å². The van der Waals surface area contributed by atoms with E-state index in [9.17, 15) is 22.8 Å². The number of nitrogens with zero attached hydrogens (tertiary/aromatic N) is 3. The van der Waals surface area contributed by atoms with E-state index in [1.54, 1.807) is 6.92 Å². The molecule has 2 aliphatic rings. The normalized spacial score (nSPS) is 17.6. The number of nitrogens with one attached hydrogen (secondary N) is 1. The molecule has 0 bridgehead atoms. The molecule has 206 valence electrons. The number of rotatable bonds is 7. The van der Waals surface area contributed by atoms with Gasteiger partial charge in [0.05, 0.1) is 35.0 Å². The lowest BCUT2D eigenvalue weighted by Gasteiger charge is -2.29. The van der Waals surface area contributed by atoms with Crippen LogP contribution in [-0.2, 0) is 15.7 Å². The summed E-state index contributed by atoms with van der Waals surface area (Å²) in [5, 5.41) is 11.6. The maximum Gasteiger partial charge on any atom is 0.417 e. The van der Waals surface area contributed by atoms with Gasteiger partial charge < -0.3 is 19.7 Å². The molecule has 0 spiro atoms. The van der Waals surface area contributed by atoms with E-state index in [-0.39, 0.29) is 35.5 Å². The maximum atomic E-state index is 15.1. The Morgan fingerprint density at radius 2 is 1.85 bits per heavy atom. The van der Waals surface area contributed by atoms with Crippen molar-refractivity contribution in [2.45, 2.75) is 50.9 Å². The topological polar surface area (TPSA) is 94.9 Å². The Morgan fingerprint density at radius 3 is 2.41 bits per heavy atom. The number of ether oxygens (including phenoxy) is 2. The minimum atomic E-state index is -4.83. The summed E-state index contributed by atoms with van der Waals surface area (Å²) in [4.78, 5) is 27.3. The zero-order chi connectivity index (χ0) is 28.8. The number of anilines is 2. The van der Waals surface area contributed by atoms with Crippen molar-refractivity contribution in [3.05, 3.63) is 53.3 Å². The molecule has 1 N–H and O–H groups in total. The van der Waals surface area contributed by atoms with Crippen molar-refractivity contribution in [1.29, 1.82) is 5.26 Å². The van der Waals surface area contributed by atoms with Crippen molar-refractivity contribution in [3.63, 3.8) is 0 Å². The Balaban J connectivity index is 1.58. The lowest BCUT2D eigenvalue weighted by Crippen LogP contribution is -2.44. The smallest absolute Gasteiger partial charge is 0.417 e. The fraction of sp³-hybridized carbons (Fsp3) is 0.385. The molecule has 1 saturated carbocycles. The molecule has 0 atom stereocenters. The van der Waals surface area contributed by atoms with Crippen LogP contribution in [0.15, 0.2) is 36.4 Å². The standard InChI is InChI=1S/C26H24F4N4O4S/c1-4-37-22(36)32-25(9-10-25)14-38-20-8-7-17(12-19(20)27)34-23(39)33(21(35)24(34,2)3)16-6-5-15(13-31)18(11-16)26(28,29)30/h5-8,11-12H,4,9-10,14H2,1-3H3,(H,32,36). The Hall–Kier alpha value is -3.92. The minimum absolute atomic E-state index is 0.0161. The summed E-state index contributed by atoms with van der Waals surface area (Å²) in [6.45, 7) is 4.92. The quantitative estimate of drug-likeness (QED) is 0.361. The van der Waals surface area contributed by atoms with E-state index in [4.69, 9.17) is 27.0 Å². The molecule has 2 aromatic rings. The number of benzene rings is 2. The molecule has 0 unspecified atom stereocenters. The molecule has 1 aliphatic carbocycles. The molecule has 0 aromatic heterocycles. The number of alkyl halides is 3. The lowest BCUT2D eigenvalue weighted by molar-refractivity contribution is -0.137. The van der Waals surface area contributed by atoms with Gasteiger partial charge in [-0.25, -0.2) is 9.18 Å². The second-order valence-electron chi connectivity index (χ2n) is 9.69. The number of halogens is 4. The molecule has 1 saturated heterocycles. The van der Waals surface area contributed by atoms with Crippen molar-refractivity contribution in [2.24, 2.45) is 0 Å². The second kappa shape index (κ2) is 10.00. The molecular weight excluding hydrogens is 540 g/mol. The first-order valence-corrected chi connectivity index (χ1v) is 12.3. The summed E-state index contributed by atoms with van der Waals surface area (Å²) in [6, 6.07) is 8.29. The molecule has 2 amide bonds. The van der Waals surface area contributed by atoms with Gasteiger partial charge in [0, 0.05) is 11.8 Å². The van der Waals surface area contributed by atoms with Crippen LogP contribution in [0.5, 0.6) is 5.75 Å². The largest absolute Gasteiger partial charge is 0.488 e. The van der Waals surface area contributed by atoms with Crippen LogP contribution in [-0.4, -0.2) is 41.4 Å². The molecule has 8 nitrogen and oxygen atoms in total. The molecule has 4 rings (SSSR count). The van der Waals surface area contributed by atoms with Crippen LogP contribution >= 0.6 is 12.2 Å². The Labute approximate surface area is 227 Å². The van der Waals surface area contributed by atoms with Gasteiger partial charge in [-0.2, -0.15) is 18.4 Å². The summed E-state index contributed by atoms with van der Waals surface area (Å²) in [5.41, 5.74) is -3.80. The van der Waals surface area contributed by atoms with Crippen LogP contribution < -0.4 is 19.9 Å². The summed E-state index contributed by atoms with van der Waals surface area (Å²) in [5.74, 6) is -1.49. The van der Waals surface area contributed by atoms with Crippen LogP contribution in [0, 0.1) is 17.1 Å². The van der Waals surface area contributed by atoms with E-state index in [0.29, 0.717) is 18.9 Å². The molecule has 1 heterocycles. The summed E-state index contributed by atoms with van der Waals surface area (Å²) in [6.07, 6.45) is -4.13. The number of nitriles is 1. The van der Waals surface area contributed by atoms with E-state index in [0.717, 1.165) is 17.0 Å². The van der Waals surface area contributed by atoms with E-state index < -0.39 is 46.2 Å². The molecular formula is C26H24F4N4O4S.